The topological polar surface area (TPSA) is 0 Å². The van der Waals surface area contributed by atoms with Crippen molar-refractivity contribution in [2.24, 2.45) is 0 Å². The third-order valence-corrected chi connectivity index (χ3v) is 1.66. The van der Waals surface area contributed by atoms with Crippen LogP contribution in [-0.2, 0) is 0 Å². The van der Waals surface area contributed by atoms with E-state index in [0.29, 0.717) is 0 Å². The van der Waals surface area contributed by atoms with Crippen LogP contribution in [0.2, 0.25) is 0 Å². The fourth-order valence-corrected chi connectivity index (χ4v) is 0.891. The number of benzene rings is 1. The van der Waals surface area contributed by atoms with Gasteiger partial charge in [-0.15, -0.1) is 0 Å². The van der Waals surface area contributed by atoms with Crippen LogP contribution in [0.5, 0.6) is 0 Å². The van der Waals surface area contributed by atoms with Gasteiger partial charge < -0.3 is 0 Å². The molecule has 0 aliphatic heterocycles. The monoisotopic (exact) mass is 170 g/mol. The van der Waals surface area contributed by atoms with Crippen molar-refractivity contribution in [3.63, 3.8) is 0 Å². The van der Waals surface area contributed by atoms with E-state index >= 15 is 0 Å². The molecule has 1 aromatic rings. The van der Waals surface area contributed by atoms with Crippen LogP contribution in [0.4, 0.5) is 4.70 Å². The van der Waals surface area contributed by atoms with E-state index < -0.39 is 0 Å². The highest BCUT2D eigenvalue weighted by Crippen LogP contribution is 2.07. The van der Waals surface area contributed by atoms with Gasteiger partial charge >= 0.3 is 0 Å². The first kappa shape index (κ1) is 13.7. The summed E-state index contributed by atoms with van der Waals surface area (Å²) in [5, 5.41) is 0. The molecule has 0 aromatic heterocycles. The van der Waals surface area contributed by atoms with Crippen LogP contribution in [0, 0.1) is 20.8 Å². The molecule has 0 heterocycles. The highest BCUT2D eigenvalue weighted by molar-refractivity contribution is 5.28. The first-order valence-electron chi connectivity index (χ1n) is 4.24. The minimum absolute atomic E-state index is 0. The summed E-state index contributed by atoms with van der Waals surface area (Å²) in [5.41, 5.74) is 4.11. The van der Waals surface area contributed by atoms with E-state index in [4.69, 9.17) is 0 Å². The lowest BCUT2D eigenvalue weighted by Gasteiger charge is -1.98. The minimum Gasteiger partial charge on any atom is -0.269 e. The lowest BCUT2D eigenvalue weighted by Crippen LogP contribution is -1.79. The van der Waals surface area contributed by atoms with E-state index in [0.717, 1.165) is 0 Å². The summed E-state index contributed by atoms with van der Waals surface area (Å²) in [7, 11) is 0. The molecule has 0 bridgehead atoms. The zero-order valence-corrected chi connectivity index (χ0v) is 8.64. The van der Waals surface area contributed by atoms with E-state index in [1.54, 1.807) is 0 Å². The average molecular weight is 170 g/mol. The van der Waals surface area contributed by atoms with Crippen molar-refractivity contribution in [2.45, 2.75) is 34.6 Å². The third-order valence-electron chi connectivity index (χ3n) is 1.66. The smallest absolute Gasteiger partial charge is 0.0395 e. The first-order valence-corrected chi connectivity index (χ1v) is 4.24. The SMILES string of the molecule is CC.Cc1ccc(C)c(C)c1.F. The van der Waals surface area contributed by atoms with Gasteiger partial charge in [-0.3, -0.25) is 4.70 Å². The Morgan fingerprint density at radius 2 is 1.33 bits per heavy atom. The number of hydrogen-bond donors (Lipinski definition) is 0. The molecule has 0 saturated heterocycles. The summed E-state index contributed by atoms with van der Waals surface area (Å²) in [6.45, 7) is 10.4. The molecule has 0 nitrogen and oxygen atoms in total. The Bertz CT molecular complexity index is 216. The summed E-state index contributed by atoms with van der Waals surface area (Å²) >= 11 is 0. The summed E-state index contributed by atoms with van der Waals surface area (Å²) in [4.78, 5) is 0. The summed E-state index contributed by atoms with van der Waals surface area (Å²) in [6.07, 6.45) is 0. The van der Waals surface area contributed by atoms with Gasteiger partial charge in [-0.2, -0.15) is 0 Å². The molecule has 0 saturated carbocycles. The Labute approximate surface area is 75.0 Å². The Morgan fingerprint density at radius 1 is 0.833 bits per heavy atom. The van der Waals surface area contributed by atoms with Gasteiger partial charge in [0.15, 0.2) is 0 Å². The predicted octanol–water partition coefficient (Wildman–Crippen LogP) is 3.79. The Hall–Kier alpha value is -0.850. The highest BCUT2D eigenvalue weighted by atomic mass is 19.0. The van der Waals surface area contributed by atoms with E-state index in [1.807, 2.05) is 13.8 Å². The minimum atomic E-state index is 0. The van der Waals surface area contributed by atoms with Gasteiger partial charge in [0.05, 0.1) is 0 Å². The predicted molar refractivity (Wildman–Crippen MR) is 54.5 cm³/mol. The summed E-state index contributed by atoms with van der Waals surface area (Å²) in [5.74, 6) is 0. The van der Waals surface area contributed by atoms with Gasteiger partial charge in [0.1, 0.15) is 0 Å². The Morgan fingerprint density at radius 3 is 1.67 bits per heavy atom. The second-order valence-electron chi connectivity index (χ2n) is 2.59. The van der Waals surface area contributed by atoms with Crippen molar-refractivity contribution in [3.8, 4) is 0 Å². The van der Waals surface area contributed by atoms with Crippen LogP contribution in [-0.4, -0.2) is 0 Å². The maximum Gasteiger partial charge on any atom is -0.0395 e. The molecule has 12 heavy (non-hydrogen) atoms. The van der Waals surface area contributed by atoms with Crippen LogP contribution >= 0.6 is 0 Å². The normalized spacial score (nSPS) is 7.75. The second kappa shape index (κ2) is 6.84. The van der Waals surface area contributed by atoms with Gasteiger partial charge in [-0.05, 0) is 31.9 Å². The molecule has 0 aliphatic carbocycles. The van der Waals surface area contributed by atoms with E-state index in [9.17, 15) is 0 Å². The van der Waals surface area contributed by atoms with Gasteiger partial charge in [0.2, 0.25) is 0 Å². The summed E-state index contributed by atoms with van der Waals surface area (Å²) < 4.78 is 0. The molecule has 0 unspecified atom stereocenters. The van der Waals surface area contributed by atoms with Gasteiger partial charge in [-0.1, -0.05) is 37.6 Å². The Kier molecular flexibility index (Phi) is 7.82. The third kappa shape index (κ3) is 4.12. The molecular formula is C11H19F. The fraction of sp³-hybridized carbons (Fsp3) is 0.455. The molecule has 0 fully saturated rings. The molecule has 0 radical (unpaired) electrons. The van der Waals surface area contributed by atoms with Crippen molar-refractivity contribution >= 4 is 0 Å². The number of aryl methyl sites for hydroxylation is 3. The largest absolute Gasteiger partial charge is 0.269 e. The average Bonchev–Trinajstić information content (AvgIpc) is 2.02. The Balaban J connectivity index is 0. The molecule has 0 amide bonds. The zero-order chi connectivity index (χ0) is 8.85. The quantitative estimate of drug-likeness (QED) is 0.555. The van der Waals surface area contributed by atoms with Gasteiger partial charge in [0.25, 0.3) is 0 Å². The highest BCUT2D eigenvalue weighted by Gasteiger charge is 1.89. The van der Waals surface area contributed by atoms with Crippen LogP contribution in [0.25, 0.3) is 0 Å². The fourth-order valence-electron chi connectivity index (χ4n) is 0.891. The molecule has 1 rings (SSSR count). The molecule has 0 atom stereocenters. The number of halogens is 1. The molecule has 0 spiro atoms. The lowest BCUT2D eigenvalue weighted by atomic mass is 10.1. The van der Waals surface area contributed by atoms with E-state index in [2.05, 4.69) is 39.0 Å². The first-order chi connectivity index (χ1) is 5.20. The van der Waals surface area contributed by atoms with Crippen LogP contribution < -0.4 is 0 Å². The van der Waals surface area contributed by atoms with Crippen molar-refractivity contribution in [3.05, 3.63) is 34.9 Å². The van der Waals surface area contributed by atoms with E-state index in [1.165, 1.54) is 16.7 Å². The van der Waals surface area contributed by atoms with Crippen LogP contribution in [0.1, 0.15) is 30.5 Å². The van der Waals surface area contributed by atoms with Crippen molar-refractivity contribution in [1.82, 2.24) is 0 Å². The number of hydrogen-bond acceptors (Lipinski definition) is 0. The molecular weight excluding hydrogens is 151 g/mol. The molecule has 70 valence electrons. The van der Waals surface area contributed by atoms with Gasteiger partial charge in [-0.25, -0.2) is 0 Å². The number of rotatable bonds is 0. The maximum absolute atomic E-state index is 2.20. The summed E-state index contributed by atoms with van der Waals surface area (Å²) in [6, 6.07) is 6.50. The van der Waals surface area contributed by atoms with Crippen molar-refractivity contribution in [1.29, 1.82) is 0 Å². The van der Waals surface area contributed by atoms with Crippen LogP contribution in [0.3, 0.4) is 0 Å². The molecule has 0 aliphatic rings. The zero-order valence-electron chi connectivity index (χ0n) is 8.64. The lowest BCUT2D eigenvalue weighted by molar-refractivity contribution is 1.11. The van der Waals surface area contributed by atoms with Gasteiger partial charge in [0, 0.05) is 0 Å². The standard InChI is InChI=1S/C9H12.C2H6.FH/c1-7-4-5-8(2)9(3)6-7;1-2;/h4-6H,1-3H3;1-2H3;1H. The van der Waals surface area contributed by atoms with Crippen LogP contribution in [0.15, 0.2) is 18.2 Å². The van der Waals surface area contributed by atoms with Crippen molar-refractivity contribution < 1.29 is 4.70 Å². The van der Waals surface area contributed by atoms with E-state index in [-0.39, 0.29) is 4.70 Å². The second-order valence-corrected chi connectivity index (χ2v) is 2.59. The molecule has 1 heteroatoms. The van der Waals surface area contributed by atoms with Crippen molar-refractivity contribution in [2.75, 3.05) is 0 Å². The molecule has 1 aromatic carbocycles. The maximum atomic E-state index is 2.20. The molecule has 0 N–H and O–H groups in total.